The molecule has 1 aromatic rings. The summed E-state index contributed by atoms with van der Waals surface area (Å²) in [6.07, 6.45) is 5.91. The van der Waals surface area contributed by atoms with E-state index in [1.54, 1.807) is 0 Å². The molecule has 6 nitrogen and oxygen atoms in total. The minimum Gasteiger partial charge on any atom is -0.462 e. The molecule has 0 amide bonds. The molecule has 1 heterocycles. The van der Waals surface area contributed by atoms with Crippen LogP contribution in [-0.2, 0) is 19.5 Å². The van der Waals surface area contributed by atoms with Crippen LogP contribution in [0.15, 0.2) is 29.2 Å². The summed E-state index contributed by atoms with van der Waals surface area (Å²) in [7, 11) is -3.53. The number of esters is 1. The standard InChI is InChI=1S/C18H25NO5S/c20-18(24-14-15-4-2-1-3-5-15)16-6-8-17(9-7-16)25(21,22)19-10-12-23-13-11-19/h6-9,15H,1-5,10-14H2. The lowest BCUT2D eigenvalue weighted by Gasteiger charge is -2.26. The summed E-state index contributed by atoms with van der Waals surface area (Å²) < 4.78 is 37.1. The number of carbonyl (C=O) groups is 1. The summed E-state index contributed by atoms with van der Waals surface area (Å²) in [5, 5.41) is 0. The number of rotatable bonds is 5. The van der Waals surface area contributed by atoms with Crippen molar-refractivity contribution in [3.05, 3.63) is 29.8 Å². The highest BCUT2D eigenvalue weighted by Gasteiger charge is 2.26. The lowest BCUT2D eigenvalue weighted by atomic mass is 9.90. The van der Waals surface area contributed by atoms with Gasteiger partial charge in [0.05, 0.1) is 30.3 Å². The largest absolute Gasteiger partial charge is 0.462 e. The Bertz CT molecular complexity index is 674. The molecule has 0 spiro atoms. The molecule has 0 aromatic heterocycles. The van der Waals surface area contributed by atoms with Crippen molar-refractivity contribution in [1.29, 1.82) is 0 Å². The van der Waals surface area contributed by atoms with Gasteiger partial charge in [0.25, 0.3) is 0 Å². The number of hydrogen-bond acceptors (Lipinski definition) is 5. The molecule has 0 N–H and O–H groups in total. The smallest absolute Gasteiger partial charge is 0.338 e. The van der Waals surface area contributed by atoms with Crippen molar-refractivity contribution in [3.8, 4) is 0 Å². The van der Waals surface area contributed by atoms with E-state index in [0.717, 1.165) is 12.8 Å². The Morgan fingerprint density at radius 3 is 2.36 bits per heavy atom. The van der Waals surface area contributed by atoms with Crippen LogP contribution in [0.2, 0.25) is 0 Å². The monoisotopic (exact) mass is 367 g/mol. The molecule has 0 bridgehead atoms. The zero-order chi connectivity index (χ0) is 17.7. The van der Waals surface area contributed by atoms with E-state index in [1.165, 1.54) is 47.8 Å². The van der Waals surface area contributed by atoms with Gasteiger partial charge in [0.1, 0.15) is 0 Å². The van der Waals surface area contributed by atoms with Gasteiger partial charge in [-0.15, -0.1) is 0 Å². The molecule has 0 atom stereocenters. The van der Waals surface area contributed by atoms with Crippen LogP contribution in [0.3, 0.4) is 0 Å². The molecule has 1 aliphatic heterocycles. The Balaban J connectivity index is 1.60. The van der Waals surface area contributed by atoms with Crippen LogP contribution in [-0.4, -0.2) is 51.6 Å². The van der Waals surface area contributed by atoms with Gasteiger partial charge < -0.3 is 9.47 Å². The van der Waals surface area contributed by atoms with E-state index in [4.69, 9.17) is 9.47 Å². The third-order valence-corrected chi connectivity index (χ3v) is 6.79. The normalized spacial score (nSPS) is 20.3. The summed E-state index contributed by atoms with van der Waals surface area (Å²) in [5.74, 6) is 0.0690. The van der Waals surface area contributed by atoms with Crippen LogP contribution in [0.4, 0.5) is 0 Å². The first-order valence-corrected chi connectivity index (χ1v) is 10.4. The lowest BCUT2D eigenvalue weighted by molar-refractivity contribution is 0.0410. The van der Waals surface area contributed by atoms with E-state index in [1.807, 2.05) is 0 Å². The van der Waals surface area contributed by atoms with E-state index < -0.39 is 10.0 Å². The number of morpholine rings is 1. The predicted octanol–water partition coefficient (Wildman–Crippen LogP) is 2.44. The molecule has 7 heteroatoms. The van der Waals surface area contributed by atoms with Crippen LogP contribution in [0.1, 0.15) is 42.5 Å². The van der Waals surface area contributed by atoms with Gasteiger partial charge >= 0.3 is 5.97 Å². The first kappa shape index (κ1) is 18.4. The van der Waals surface area contributed by atoms with Gasteiger partial charge in [-0.2, -0.15) is 4.31 Å². The summed E-state index contributed by atoms with van der Waals surface area (Å²) in [5.41, 5.74) is 0.386. The van der Waals surface area contributed by atoms with Gasteiger partial charge in [0, 0.05) is 13.1 Å². The molecule has 2 aliphatic rings. The van der Waals surface area contributed by atoms with Crippen molar-refractivity contribution in [2.24, 2.45) is 5.92 Å². The van der Waals surface area contributed by atoms with Crippen LogP contribution < -0.4 is 0 Å². The Kier molecular flexibility index (Phi) is 6.09. The first-order valence-electron chi connectivity index (χ1n) is 8.92. The molecular weight excluding hydrogens is 342 g/mol. The Morgan fingerprint density at radius 2 is 1.72 bits per heavy atom. The molecule has 138 valence electrons. The van der Waals surface area contributed by atoms with Crippen molar-refractivity contribution in [3.63, 3.8) is 0 Å². The highest BCUT2D eigenvalue weighted by molar-refractivity contribution is 7.89. The number of hydrogen-bond donors (Lipinski definition) is 0. The lowest BCUT2D eigenvalue weighted by Crippen LogP contribution is -2.40. The maximum absolute atomic E-state index is 12.6. The minimum atomic E-state index is -3.53. The Morgan fingerprint density at radius 1 is 1.08 bits per heavy atom. The second-order valence-corrected chi connectivity index (χ2v) is 8.58. The van der Waals surface area contributed by atoms with E-state index >= 15 is 0 Å². The van der Waals surface area contributed by atoms with Gasteiger partial charge in [0.15, 0.2) is 0 Å². The summed E-state index contributed by atoms with van der Waals surface area (Å²) in [4.78, 5) is 12.3. The number of nitrogens with zero attached hydrogens (tertiary/aromatic N) is 1. The van der Waals surface area contributed by atoms with E-state index in [-0.39, 0.29) is 10.9 Å². The van der Waals surface area contributed by atoms with E-state index in [2.05, 4.69) is 0 Å². The number of sulfonamides is 1. The first-order chi connectivity index (χ1) is 12.1. The molecule has 25 heavy (non-hydrogen) atoms. The molecule has 0 radical (unpaired) electrons. The van der Waals surface area contributed by atoms with Gasteiger partial charge in [0.2, 0.25) is 10.0 Å². The number of carbonyl (C=O) groups excluding carboxylic acids is 1. The highest BCUT2D eigenvalue weighted by Crippen LogP contribution is 2.24. The van der Waals surface area contributed by atoms with Gasteiger partial charge in [-0.25, -0.2) is 13.2 Å². The SMILES string of the molecule is O=C(OCC1CCCCC1)c1ccc(S(=O)(=O)N2CCOCC2)cc1. The third kappa shape index (κ3) is 4.59. The third-order valence-electron chi connectivity index (χ3n) is 4.87. The van der Waals surface area contributed by atoms with E-state index in [0.29, 0.717) is 44.4 Å². The number of benzene rings is 1. The summed E-state index contributed by atoms with van der Waals surface area (Å²) in [6.45, 7) is 1.98. The Labute approximate surface area is 149 Å². The average molecular weight is 367 g/mol. The van der Waals surface area contributed by atoms with Crippen molar-refractivity contribution in [2.75, 3.05) is 32.9 Å². The zero-order valence-electron chi connectivity index (χ0n) is 14.4. The average Bonchev–Trinajstić information content (AvgIpc) is 2.68. The van der Waals surface area contributed by atoms with Crippen molar-refractivity contribution in [1.82, 2.24) is 4.31 Å². The molecule has 0 unspecified atom stereocenters. The van der Waals surface area contributed by atoms with Crippen molar-refractivity contribution in [2.45, 2.75) is 37.0 Å². The van der Waals surface area contributed by atoms with E-state index in [9.17, 15) is 13.2 Å². The van der Waals surface area contributed by atoms with Crippen molar-refractivity contribution < 1.29 is 22.7 Å². The van der Waals surface area contributed by atoms with Gasteiger partial charge in [-0.05, 0) is 43.0 Å². The molecule has 1 saturated carbocycles. The summed E-state index contributed by atoms with van der Waals surface area (Å²) in [6, 6.07) is 6.00. The molecule has 2 fully saturated rings. The fourth-order valence-electron chi connectivity index (χ4n) is 3.33. The van der Waals surface area contributed by atoms with Gasteiger partial charge in [-0.3, -0.25) is 0 Å². The molecule has 1 aromatic carbocycles. The predicted molar refractivity (Wildman–Crippen MR) is 92.9 cm³/mol. The van der Waals surface area contributed by atoms with Crippen LogP contribution in [0, 0.1) is 5.92 Å². The molecule has 3 rings (SSSR count). The van der Waals surface area contributed by atoms with Crippen LogP contribution in [0.25, 0.3) is 0 Å². The topological polar surface area (TPSA) is 72.9 Å². The number of ether oxygens (including phenoxy) is 2. The fourth-order valence-corrected chi connectivity index (χ4v) is 4.74. The zero-order valence-corrected chi connectivity index (χ0v) is 15.2. The highest BCUT2D eigenvalue weighted by atomic mass is 32.2. The quantitative estimate of drug-likeness (QED) is 0.748. The minimum absolute atomic E-state index is 0.193. The van der Waals surface area contributed by atoms with Gasteiger partial charge in [-0.1, -0.05) is 19.3 Å². The second-order valence-electron chi connectivity index (χ2n) is 6.64. The van der Waals surface area contributed by atoms with Crippen LogP contribution in [0.5, 0.6) is 0 Å². The Hall–Kier alpha value is -1.44. The van der Waals surface area contributed by atoms with Crippen LogP contribution >= 0.6 is 0 Å². The maximum Gasteiger partial charge on any atom is 0.338 e. The van der Waals surface area contributed by atoms with Crippen molar-refractivity contribution >= 4 is 16.0 Å². The molecule has 1 aliphatic carbocycles. The molecular formula is C18H25NO5S. The second kappa shape index (κ2) is 8.29. The summed E-state index contributed by atoms with van der Waals surface area (Å²) >= 11 is 0. The maximum atomic E-state index is 12.6. The molecule has 1 saturated heterocycles. The fraction of sp³-hybridized carbons (Fsp3) is 0.611.